The Kier molecular flexibility index (Phi) is 3.98. The highest BCUT2D eigenvalue weighted by molar-refractivity contribution is 7.09. The second kappa shape index (κ2) is 5.67. The Balaban J connectivity index is 1.75. The Hall–Kier alpha value is -1.56. The first-order chi connectivity index (χ1) is 8.29. The van der Waals surface area contributed by atoms with Crippen molar-refractivity contribution in [3.8, 4) is 0 Å². The molecule has 5 nitrogen and oxygen atoms in total. The van der Waals surface area contributed by atoms with Crippen molar-refractivity contribution in [2.45, 2.75) is 6.54 Å². The molecule has 92 valence electrons. The fourth-order valence-electron chi connectivity index (χ4n) is 1.72. The van der Waals surface area contributed by atoms with Crippen LogP contribution in [0.5, 0.6) is 0 Å². The molecule has 0 atom stereocenters. The third-order valence-corrected chi connectivity index (χ3v) is 3.62. The van der Waals surface area contributed by atoms with Crippen LogP contribution in [0.25, 0.3) is 0 Å². The van der Waals surface area contributed by atoms with Crippen molar-refractivity contribution in [3.63, 3.8) is 0 Å². The van der Waals surface area contributed by atoms with Crippen LogP contribution < -0.4 is 5.32 Å². The molecule has 1 aromatic rings. The number of carbonyl (C=O) groups excluding carboxylic acids is 2. The number of carbonyl (C=O) groups is 2. The first-order valence-electron chi connectivity index (χ1n) is 5.54. The molecule has 2 heterocycles. The zero-order chi connectivity index (χ0) is 12.1. The van der Waals surface area contributed by atoms with Gasteiger partial charge in [0.15, 0.2) is 0 Å². The van der Waals surface area contributed by atoms with Crippen LogP contribution in [0.15, 0.2) is 17.5 Å². The lowest BCUT2D eigenvalue weighted by molar-refractivity contribution is -0.119. The minimum absolute atomic E-state index is 0.0519. The molecule has 1 N–H and O–H groups in total. The highest BCUT2D eigenvalue weighted by Gasteiger charge is 2.19. The third-order valence-electron chi connectivity index (χ3n) is 2.74. The molecule has 6 heteroatoms. The van der Waals surface area contributed by atoms with Crippen LogP contribution in [-0.4, -0.2) is 48.4 Å². The van der Waals surface area contributed by atoms with Crippen molar-refractivity contribution in [1.29, 1.82) is 0 Å². The molecule has 1 fully saturated rings. The van der Waals surface area contributed by atoms with Gasteiger partial charge in [-0.15, -0.1) is 11.3 Å². The molecule has 0 saturated carbocycles. The van der Waals surface area contributed by atoms with Crippen LogP contribution in [0, 0.1) is 0 Å². The summed E-state index contributed by atoms with van der Waals surface area (Å²) in [6.07, 6.45) is 0.834. The number of urea groups is 1. The van der Waals surface area contributed by atoms with Gasteiger partial charge in [0, 0.05) is 31.1 Å². The largest absolute Gasteiger partial charge is 0.342 e. The minimum atomic E-state index is -0.0519. The Morgan fingerprint density at radius 1 is 1.41 bits per heavy atom. The fraction of sp³-hybridized carbons (Fsp3) is 0.455. The summed E-state index contributed by atoms with van der Waals surface area (Å²) in [6, 6.07) is 3.91. The van der Waals surface area contributed by atoms with Gasteiger partial charge in [0.2, 0.25) is 6.41 Å². The Morgan fingerprint density at radius 3 is 2.76 bits per heavy atom. The van der Waals surface area contributed by atoms with Crippen LogP contribution in [0.4, 0.5) is 4.79 Å². The smallest absolute Gasteiger partial charge is 0.317 e. The SMILES string of the molecule is O=CN1CCN(C(=O)NCc2cccs2)CC1. The van der Waals surface area contributed by atoms with E-state index in [4.69, 9.17) is 0 Å². The first-order valence-corrected chi connectivity index (χ1v) is 6.42. The molecule has 2 rings (SSSR count). The topological polar surface area (TPSA) is 52.7 Å². The maximum Gasteiger partial charge on any atom is 0.317 e. The maximum atomic E-state index is 11.8. The lowest BCUT2D eigenvalue weighted by atomic mass is 10.3. The molecule has 0 spiro atoms. The van der Waals surface area contributed by atoms with Gasteiger partial charge in [-0.1, -0.05) is 6.07 Å². The van der Waals surface area contributed by atoms with E-state index in [0.29, 0.717) is 32.7 Å². The second-order valence-corrected chi connectivity index (χ2v) is 4.90. The molecule has 0 aliphatic carbocycles. The number of rotatable bonds is 3. The molecule has 0 radical (unpaired) electrons. The Bertz CT molecular complexity index is 372. The van der Waals surface area contributed by atoms with Crippen LogP contribution in [0.1, 0.15) is 4.88 Å². The number of nitrogens with one attached hydrogen (secondary N) is 1. The molecule has 0 bridgehead atoms. The zero-order valence-electron chi connectivity index (χ0n) is 9.46. The summed E-state index contributed by atoms with van der Waals surface area (Å²) in [4.78, 5) is 26.9. The van der Waals surface area contributed by atoms with Crippen molar-refractivity contribution >= 4 is 23.8 Å². The van der Waals surface area contributed by atoms with Gasteiger partial charge in [0.25, 0.3) is 0 Å². The van der Waals surface area contributed by atoms with Crippen molar-refractivity contribution in [2.75, 3.05) is 26.2 Å². The summed E-state index contributed by atoms with van der Waals surface area (Å²) in [5.74, 6) is 0. The minimum Gasteiger partial charge on any atom is -0.342 e. The van der Waals surface area contributed by atoms with E-state index < -0.39 is 0 Å². The van der Waals surface area contributed by atoms with Crippen molar-refractivity contribution in [1.82, 2.24) is 15.1 Å². The molecular formula is C11H15N3O2S. The highest BCUT2D eigenvalue weighted by Crippen LogP contribution is 2.08. The van der Waals surface area contributed by atoms with Gasteiger partial charge in [-0.25, -0.2) is 4.79 Å². The fourth-order valence-corrected chi connectivity index (χ4v) is 2.36. The van der Waals surface area contributed by atoms with E-state index >= 15 is 0 Å². The molecule has 1 aromatic heterocycles. The molecule has 1 aliphatic heterocycles. The number of piperazine rings is 1. The summed E-state index contributed by atoms with van der Waals surface area (Å²) in [7, 11) is 0. The first kappa shape index (κ1) is 11.9. The molecule has 0 aromatic carbocycles. The number of thiophene rings is 1. The summed E-state index contributed by atoms with van der Waals surface area (Å²) >= 11 is 1.63. The molecular weight excluding hydrogens is 238 g/mol. The van der Waals surface area contributed by atoms with E-state index in [2.05, 4.69) is 5.32 Å². The lowest BCUT2D eigenvalue weighted by Crippen LogP contribution is -2.51. The average molecular weight is 253 g/mol. The Labute approximate surface area is 104 Å². The summed E-state index contributed by atoms with van der Waals surface area (Å²) in [5.41, 5.74) is 0. The average Bonchev–Trinajstić information content (AvgIpc) is 2.89. The van der Waals surface area contributed by atoms with Crippen LogP contribution >= 0.6 is 11.3 Å². The molecule has 3 amide bonds. The lowest BCUT2D eigenvalue weighted by Gasteiger charge is -2.32. The van der Waals surface area contributed by atoms with Gasteiger partial charge in [-0.3, -0.25) is 4.79 Å². The quantitative estimate of drug-likeness (QED) is 0.807. The van der Waals surface area contributed by atoms with E-state index in [1.807, 2.05) is 17.5 Å². The highest BCUT2D eigenvalue weighted by atomic mass is 32.1. The number of hydrogen-bond acceptors (Lipinski definition) is 3. The van der Waals surface area contributed by atoms with Gasteiger partial charge < -0.3 is 15.1 Å². The van der Waals surface area contributed by atoms with E-state index in [1.165, 1.54) is 0 Å². The predicted octanol–water partition coefficient (Wildman–Crippen LogP) is 0.732. The predicted molar refractivity (Wildman–Crippen MR) is 65.8 cm³/mol. The van der Waals surface area contributed by atoms with E-state index in [0.717, 1.165) is 11.3 Å². The maximum absolute atomic E-state index is 11.8. The van der Waals surface area contributed by atoms with Crippen molar-refractivity contribution in [3.05, 3.63) is 22.4 Å². The second-order valence-electron chi connectivity index (χ2n) is 3.87. The van der Waals surface area contributed by atoms with E-state index in [9.17, 15) is 9.59 Å². The Morgan fingerprint density at radius 2 is 2.18 bits per heavy atom. The number of hydrogen-bond donors (Lipinski definition) is 1. The van der Waals surface area contributed by atoms with Crippen molar-refractivity contribution in [2.24, 2.45) is 0 Å². The van der Waals surface area contributed by atoms with Crippen LogP contribution in [0.2, 0.25) is 0 Å². The summed E-state index contributed by atoms with van der Waals surface area (Å²) in [6.45, 7) is 3.03. The standard InChI is InChI=1S/C11H15N3O2S/c15-9-13-3-5-14(6-4-13)11(16)12-8-10-2-1-7-17-10/h1-2,7,9H,3-6,8H2,(H,12,16). The zero-order valence-corrected chi connectivity index (χ0v) is 10.3. The van der Waals surface area contributed by atoms with Gasteiger partial charge in [0.05, 0.1) is 6.54 Å². The van der Waals surface area contributed by atoms with Crippen molar-refractivity contribution < 1.29 is 9.59 Å². The van der Waals surface area contributed by atoms with E-state index in [1.54, 1.807) is 21.1 Å². The van der Waals surface area contributed by atoms with Gasteiger partial charge in [-0.05, 0) is 11.4 Å². The number of nitrogens with zero attached hydrogens (tertiary/aromatic N) is 2. The molecule has 1 saturated heterocycles. The third kappa shape index (κ3) is 3.20. The van der Waals surface area contributed by atoms with Gasteiger partial charge in [0.1, 0.15) is 0 Å². The monoisotopic (exact) mass is 253 g/mol. The van der Waals surface area contributed by atoms with E-state index in [-0.39, 0.29) is 6.03 Å². The van der Waals surface area contributed by atoms with Gasteiger partial charge >= 0.3 is 6.03 Å². The van der Waals surface area contributed by atoms with Crippen LogP contribution in [-0.2, 0) is 11.3 Å². The summed E-state index contributed by atoms with van der Waals surface area (Å²) < 4.78 is 0. The number of amides is 3. The van der Waals surface area contributed by atoms with Crippen LogP contribution in [0.3, 0.4) is 0 Å². The summed E-state index contributed by atoms with van der Waals surface area (Å²) in [5, 5.41) is 4.87. The molecule has 1 aliphatic rings. The van der Waals surface area contributed by atoms with Gasteiger partial charge in [-0.2, -0.15) is 0 Å². The molecule has 17 heavy (non-hydrogen) atoms. The normalized spacial score (nSPS) is 15.8. The molecule has 0 unspecified atom stereocenters.